The average molecular weight is 736 g/mol. The van der Waals surface area contributed by atoms with Crippen molar-refractivity contribution in [3.05, 3.63) is 121 Å². The summed E-state index contributed by atoms with van der Waals surface area (Å²) >= 11 is 24.4. The fraction of sp³-hybridized carbons (Fsp3) is 0.188. The normalized spacial score (nSPS) is 15.3. The van der Waals surface area contributed by atoms with Crippen molar-refractivity contribution in [2.45, 2.75) is 36.4 Å². The molecule has 10 nitrogen and oxygen atoms in total. The summed E-state index contributed by atoms with van der Waals surface area (Å²) in [7, 11) is -3.09. The van der Waals surface area contributed by atoms with Crippen LogP contribution in [0, 0.1) is 0 Å². The molecule has 0 saturated heterocycles. The molecule has 15 heteroatoms. The largest absolute Gasteiger partial charge is 0.467 e. The maximum Gasteiger partial charge on any atom is 0.328 e. The van der Waals surface area contributed by atoms with Crippen molar-refractivity contribution in [2.24, 2.45) is 0 Å². The van der Waals surface area contributed by atoms with E-state index in [1.807, 2.05) is 6.07 Å². The van der Waals surface area contributed by atoms with Gasteiger partial charge in [-0.05, 0) is 53.4 Å². The number of esters is 1. The predicted molar refractivity (Wildman–Crippen MR) is 179 cm³/mol. The van der Waals surface area contributed by atoms with Crippen LogP contribution in [0.25, 0.3) is 0 Å². The van der Waals surface area contributed by atoms with E-state index in [9.17, 15) is 22.8 Å². The first kappa shape index (κ1) is 34.6. The first-order chi connectivity index (χ1) is 22.4. The number of aromatic nitrogens is 1. The first-order valence-corrected chi connectivity index (χ1v) is 16.9. The minimum atomic E-state index is -4.27. The van der Waals surface area contributed by atoms with E-state index in [1.54, 1.807) is 42.5 Å². The van der Waals surface area contributed by atoms with Gasteiger partial charge in [-0.3, -0.25) is 14.6 Å². The molecule has 0 spiro atoms. The number of carbonyl (C=O) groups is 3. The van der Waals surface area contributed by atoms with Gasteiger partial charge in [0.05, 0.1) is 27.6 Å². The molecule has 244 valence electrons. The van der Waals surface area contributed by atoms with E-state index >= 15 is 0 Å². The summed E-state index contributed by atoms with van der Waals surface area (Å²) in [5, 5.41) is 5.82. The summed E-state index contributed by atoms with van der Waals surface area (Å²) in [5.74, 6) is -1.96. The highest BCUT2D eigenvalue weighted by Crippen LogP contribution is 2.32. The number of methoxy groups -OCH3 is 1. The van der Waals surface area contributed by atoms with Crippen LogP contribution in [-0.4, -0.2) is 54.7 Å². The van der Waals surface area contributed by atoms with Gasteiger partial charge < -0.3 is 15.4 Å². The third kappa shape index (κ3) is 7.89. The summed E-state index contributed by atoms with van der Waals surface area (Å²) in [6.45, 7) is -0.0906. The van der Waals surface area contributed by atoms with Crippen LogP contribution in [0.4, 0.5) is 5.69 Å². The van der Waals surface area contributed by atoms with Gasteiger partial charge in [-0.2, -0.15) is 4.31 Å². The number of fused-ring (bicyclic) bond motifs is 1. The number of ether oxygens (including phenoxy) is 1. The molecule has 0 aliphatic carbocycles. The highest BCUT2D eigenvalue weighted by atomic mass is 35.5. The molecule has 1 aliphatic rings. The zero-order valence-electron chi connectivity index (χ0n) is 24.5. The molecule has 5 rings (SSSR count). The molecule has 1 unspecified atom stereocenters. The molecular weight excluding hydrogens is 710 g/mol. The number of rotatable bonds is 9. The summed E-state index contributed by atoms with van der Waals surface area (Å²) < 4.78 is 33.9. The third-order valence-corrected chi connectivity index (χ3v) is 10.3. The topological polar surface area (TPSA) is 135 Å². The molecule has 2 atom stereocenters. The summed E-state index contributed by atoms with van der Waals surface area (Å²) in [5.41, 5.74) is 2.64. The van der Waals surface area contributed by atoms with Crippen LogP contribution in [0.15, 0.2) is 84.0 Å². The Bertz CT molecular complexity index is 1920. The Morgan fingerprint density at radius 2 is 1.55 bits per heavy atom. The highest BCUT2D eigenvalue weighted by Gasteiger charge is 2.41. The number of sulfonamides is 1. The molecule has 4 aromatic rings. The summed E-state index contributed by atoms with van der Waals surface area (Å²) in [6, 6.07) is 15.3. The lowest BCUT2D eigenvalue weighted by molar-refractivity contribution is -0.145. The minimum absolute atomic E-state index is 0.00854. The van der Waals surface area contributed by atoms with Crippen LogP contribution in [0.1, 0.15) is 27.0 Å². The number of halogens is 4. The molecule has 2 heterocycles. The number of benzene rings is 3. The third-order valence-electron chi connectivity index (χ3n) is 7.49. The number of hydrogen-bond acceptors (Lipinski definition) is 7. The quantitative estimate of drug-likeness (QED) is 0.203. The molecular formula is C32H26Cl4N4O6S. The summed E-state index contributed by atoms with van der Waals surface area (Å²) in [4.78, 5) is 43.1. The predicted octanol–water partition coefficient (Wildman–Crippen LogP) is 5.96. The maximum absolute atomic E-state index is 13.9. The van der Waals surface area contributed by atoms with Gasteiger partial charge in [-0.1, -0.05) is 82.8 Å². The second-order valence-electron chi connectivity index (χ2n) is 10.6. The van der Waals surface area contributed by atoms with Crippen molar-refractivity contribution in [1.82, 2.24) is 14.6 Å². The van der Waals surface area contributed by atoms with Gasteiger partial charge in [0.2, 0.25) is 15.9 Å². The van der Waals surface area contributed by atoms with Crippen LogP contribution in [-0.2, 0) is 43.7 Å². The van der Waals surface area contributed by atoms with Crippen molar-refractivity contribution < 1.29 is 27.5 Å². The van der Waals surface area contributed by atoms with Crippen LogP contribution in [0.5, 0.6) is 0 Å². The fourth-order valence-corrected chi connectivity index (χ4v) is 8.00. The SMILES string of the molecule is COC(=O)[C@H](Cc1ccc(NC(=O)c2c(Cl)cncc2Cl)cc1)NC(=O)C1Cc2ccccc2CN1S(=O)(=O)c1cc(Cl)cc(Cl)c1. The van der Waals surface area contributed by atoms with Crippen molar-refractivity contribution in [3.8, 4) is 0 Å². The van der Waals surface area contributed by atoms with Gasteiger partial charge in [0.25, 0.3) is 5.91 Å². The highest BCUT2D eigenvalue weighted by molar-refractivity contribution is 7.89. The van der Waals surface area contributed by atoms with Crippen molar-refractivity contribution in [1.29, 1.82) is 0 Å². The van der Waals surface area contributed by atoms with Gasteiger partial charge in [-0.15, -0.1) is 0 Å². The molecule has 0 saturated carbocycles. The Hall–Kier alpha value is -3.71. The Labute approximate surface area is 291 Å². The second-order valence-corrected chi connectivity index (χ2v) is 14.1. The van der Waals surface area contributed by atoms with Crippen molar-refractivity contribution in [3.63, 3.8) is 0 Å². The molecule has 0 fully saturated rings. The lowest BCUT2D eigenvalue weighted by Crippen LogP contribution is -2.55. The molecule has 2 N–H and O–H groups in total. The minimum Gasteiger partial charge on any atom is -0.467 e. The first-order valence-electron chi connectivity index (χ1n) is 14.0. The number of carbonyl (C=O) groups excluding carboxylic acids is 3. The summed E-state index contributed by atoms with van der Waals surface area (Å²) in [6.07, 6.45) is 2.68. The lowest BCUT2D eigenvalue weighted by atomic mass is 9.95. The van der Waals surface area contributed by atoms with Crippen LogP contribution < -0.4 is 10.6 Å². The van der Waals surface area contributed by atoms with Crippen molar-refractivity contribution in [2.75, 3.05) is 12.4 Å². The zero-order valence-corrected chi connectivity index (χ0v) is 28.4. The zero-order chi connectivity index (χ0) is 33.9. The number of pyridine rings is 1. The molecule has 0 bridgehead atoms. The standard InChI is InChI=1S/C32H26Cl4N4O6S/c1-46-32(43)27(10-18-6-8-23(9-7-18)38-31(42)29-25(35)15-37-16-26(29)36)39-30(41)28-11-19-4-2-3-5-20(19)17-40(28)47(44,45)24-13-21(33)12-22(34)14-24/h2-9,12-16,27-28H,10-11,17H2,1H3,(H,38,42)(H,39,41)/t27-,28?/m0/s1. The molecule has 1 aliphatic heterocycles. The lowest BCUT2D eigenvalue weighted by Gasteiger charge is -2.35. The van der Waals surface area contributed by atoms with E-state index in [2.05, 4.69) is 15.6 Å². The number of amides is 2. The smallest absolute Gasteiger partial charge is 0.328 e. The maximum atomic E-state index is 13.9. The molecule has 3 aromatic carbocycles. The van der Waals surface area contributed by atoms with Crippen LogP contribution in [0.2, 0.25) is 20.1 Å². The Morgan fingerprint density at radius 3 is 2.17 bits per heavy atom. The van der Waals surface area contributed by atoms with Gasteiger partial charge in [0.15, 0.2) is 0 Å². The Kier molecular flexibility index (Phi) is 10.7. The molecule has 0 radical (unpaired) electrons. The van der Waals surface area contributed by atoms with E-state index < -0.39 is 39.9 Å². The molecule has 2 amide bonds. The van der Waals surface area contributed by atoms with E-state index in [0.717, 1.165) is 15.4 Å². The number of hydrogen-bond donors (Lipinski definition) is 2. The van der Waals surface area contributed by atoms with E-state index in [4.69, 9.17) is 51.1 Å². The van der Waals surface area contributed by atoms with Gasteiger partial charge >= 0.3 is 5.97 Å². The van der Waals surface area contributed by atoms with E-state index in [0.29, 0.717) is 11.3 Å². The Morgan fingerprint density at radius 1 is 0.936 bits per heavy atom. The Balaban J connectivity index is 1.37. The van der Waals surface area contributed by atoms with Gasteiger partial charge in [0, 0.05) is 41.1 Å². The van der Waals surface area contributed by atoms with Crippen LogP contribution >= 0.6 is 46.4 Å². The van der Waals surface area contributed by atoms with E-state index in [-0.39, 0.29) is 49.9 Å². The number of anilines is 1. The number of nitrogens with one attached hydrogen (secondary N) is 2. The van der Waals surface area contributed by atoms with Crippen LogP contribution in [0.3, 0.4) is 0 Å². The average Bonchev–Trinajstić information content (AvgIpc) is 3.03. The second kappa shape index (κ2) is 14.6. The number of nitrogens with zero attached hydrogens (tertiary/aromatic N) is 2. The van der Waals surface area contributed by atoms with Crippen molar-refractivity contribution >= 4 is 79.9 Å². The van der Waals surface area contributed by atoms with E-state index in [1.165, 1.54) is 37.7 Å². The van der Waals surface area contributed by atoms with Gasteiger partial charge in [0.1, 0.15) is 12.1 Å². The van der Waals surface area contributed by atoms with Gasteiger partial charge in [-0.25, -0.2) is 13.2 Å². The molecule has 1 aromatic heterocycles. The monoisotopic (exact) mass is 734 g/mol. The fourth-order valence-electron chi connectivity index (χ4n) is 5.17. The molecule has 47 heavy (non-hydrogen) atoms.